The van der Waals surface area contributed by atoms with E-state index in [0.717, 1.165) is 6.42 Å². The summed E-state index contributed by atoms with van der Waals surface area (Å²) < 4.78 is 4.46. The van der Waals surface area contributed by atoms with E-state index < -0.39 is 0 Å². The minimum absolute atomic E-state index is 0.0255. The second kappa shape index (κ2) is 1.50. The number of carbonyl (C=O) groups excluding carboxylic acids is 1. The van der Waals surface area contributed by atoms with Gasteiger partial charge < -0.3 is 10.5 Å². The van der Waals surface area contributed by atoms with E-state index in [1.165, 1.54) is 0 Å². The molecule has 0 amide bonds. The fraction of sp³-hybridized carbons (Fsp3) is 0.750. The molecule has 1 rings (SSSR count). The quantitative estimate of drug-likeness (QED) is 0.466. The summed E-state index contributed by atoms with van der Waals surface area (Å²) in [5, 5.41) is 0. The first-order valence-electron chi connectivity index (χ1n) is 2.19. The zero-order chi connectivity index (χ0) is 5.28. The Hall–Kier alpha value is -0.570. The molecular weight excluding hydrogens is 94.0 g/mol. The summed E-state index contributed by atoms with van der Waals surface area (Å²) in [7, 11) is 0. The Morgan fingerprint density at radius 1 is 1.86 bits per heavy atom. The Balaban J connectivity index is 2.08. The van der Waals surface area contributed by atoms with E-state index in [1.54, 1.807) is 0 Å². The zero-order valence-electron chi connectivity index (χ0n) is 3.83. The summed E-state index contributed by atoms with van der Waals surface area (Å²) in [4.78, 5) is 9.52. The summed E-state index contributed by atoms with van der Waals surface area (Å²) in [6.07, 6.45) is 0.858. The molecule has 1 aliphatic carbocycles. The molecule has 0 aromatic carbocycles. The van der Waals surface area contributed by atoms with Gasteiger partial charge in [-0.05, 0) is 0 Å². The third-order valence-corrected chi connectivity index (χ3v) is 1.01. The van der Waals surface area contributed by atoms with Crippen LogP contribution in [0.2, 0.25) is 0 Å². The van der Waals surface area contributed by atoms with Crippen molar-refractivity contribution in [1.82, 2.24) is 0 Å². The molecular formula is C4H7NO2. The van der Waals surface area contributed by atoms with E-state index in [1.807, 2.05) is 0 Å². The molecule has 0 spiro atoms. The maximum absolute atomic E-state index is 9.52. The van der Waals surface area contributed by atoms with Crippen LogP contribution in [0.25, 0.3) is 0 Å². The first kappa shape index (κ1) is 4.59. The van der Waals surface area contributed by atoms with Gasteiger partial charge in [0, 0.05) is 12.5 Å². The van der Waals surface area contributed by atoms with Gasteiger partial charge in [-0.1, -0.05) is 0 Å². The van der Waals surface area contributed by atoms with Crippen molar-refractivity contribution in [2.45, 2.75) is 18.6 Å². The number of rotatable bonds is 2. The van der Waals surface area contributed by atoms with Crippen LogP contribution in [-0.2, 0) is 9.53 Å². The van der Waals surface area contributed by atoms with Gasteiger partial charge in [-0.2, -0.15) is 0 Å². The minimum atomic E-state index is 0.0255. The van der Waals surface area contributed by atoms with E-state index in [0.29, 0.717) is 6.47 Å². The lowest BCUT2D eigenvalue weighted by Crippen LogP contribution is -2.06. The van der Waals surface area contributed by atoms with Crippen LogP contribution in [0.5, 0.6) is 0 Å². The highest BCUT2D eigenvalue weighted by molar-refractivity contribution is 5.38. The normalized spacial score (nSPS) is 37.3. The van der Waals surface area contributed by atoms with E-state index in [4.69, 9.17) is 5.73 Å². The topological polar surface area (TPSA) is 52.3 Å². The van der Waals surface area contributed by atoms with Crippen LogP contribution in [-0.4, -0.2) is 18.6 Å². The molecule has 0 bridgehead atoms. The summed E-state index contributed by atoms with van der Waals surface area (Å²) in [6, 6.07) is 0.116. The van der Waals surface area contributed by atoms with Crippen molar-refractivity contribution in [2.75, 3.05) is 0 Å². The molecule has 0 aromatic rings. The van der Waals surface area contributed by atoms with Gasteiger partial charge in [0.15, 0.2) is 0 Å². The second-order valence-corrected chi connectivity index (χ2v) is 1.67. The number of hydrogen-bond donors (Lipinski definition) is 1. The Morgan fingerprint density at radius 2 is 2.43 bits per heavy atom. The molecule has 0 radical (unpaired) electrons. The maximum Gasteiger partial charge on any atom is 0.293 e. The van der Waals surface area contributed by atoms with Crippen molar-refractivity contribution < 1.29 is 9.53 Å². The van der Waals surface area contributed by atoms with Crippen molar-refractivity contribution in [1.29, 1.82) is 0 Å². The molecule has 3 heteroatoms. The van der Waals surface area contributed by atoms with Gasteiger partial charge in [0.1, 0.15) is 6.10 Å². The van der Waals surface area contributed by atoms with E-state index in [-0.39, 0.29) is 12.1 Å². The highest BCUT2D eigenvalue weighted by Crippen LogP contribution is 2.20. The molecule has 3 nitrogen and oxygen atoms in total. The molecule has 0 aromatic heterocycles. The summed E-state index contributed by atoms with van der Waals surface area (Å²) in [5.41, 5.74) is 5.27. The predicted octanol–water partition coefficient (Wildman–Crippen LogP) is -0.741. The van der Waals surface area contributed by atoms with Crippen LogP contribution in [0.4, 0.5) is 0 Å². The van der Waals surface area contributed by atoms with Crippen LogP contribution in [0, 0.1) is 0 Å². The molecule has 1 aliphatic rings. The fourth-order valence-electron chi connectivity index (χ4n) is 0.418. The van der Waals surface area contributed by atoms with Crippen LogP contribution >= 0.6 is 0 Å². The Morgan fingerprint density at radius 3 is 2.57 bits per heavy atom. The molecule has 40 valence electrons. The molecule has 0 aliphatic heterocycles. The minimum Gasteiger partial charge on any atom is -0.463 e. The van der Waals surface area contributed by atoms with Crippen LogP contribution in [0.1, 0.15) is 6.42 Å². The van der Waals surface area contributed by atoms with Gasteiger partial charge in [-0.25, -0.2) is 0 Å². The molecule has 1 fully saturated rings. The first-order chi connectivity index (χ1) is 3.34. The monoisotopic (exact) mass is 101 g/mol. The third-order valence-electron chi connectivity index (χ3n) is 1.01. The lowest BCUT2D eigenvalue weighted by Gasteiger charge is -1.87. The Labute approximate surface area is 41.4 Å². The average molecular weight is 101 g/mol. The SMILES string of the molecule is NC1CC1OC=O. The fourth-order valence-corrected chi connectivity index (χ4v) is 0.418. The van der Waals surface area contributed by atoms with Gasteiger partial charge in [-0.15, -0.1) is 0 Å². The molecule has 2 N–H and O–H groups in total. The van der Waals surface area contributed by atoms with Crippen molar-refractivity contribution in [2.24, 2.45) is 5.73 Å². The van der Waals surface area contributed by atoms with Crippen LogP contribution in [0.15, 0.2) is 0 Å². The van der Waals surface area contributed by atoms with Crippen molar-refractivity contribution in [3.05, 3.63) is 0 Å². The molecule has 1 saturated carbocycles. The van der Waals surface area contributed by atoms with Crippen LogP contribution in [0.3, 0.4) is 0 Å². The van der Waals surface area contributed by atoms with E-state index in [2.05, 4.69) is 4.74 Å². The number of hydrogen-bond acceptors (Lipinski definition) is 3. The third kappa shape index (κ3) is 0.899. The van der Waals surface area contributed by atoms with E-state index in [9.17, 15) is 4.79 Å². The molecule has 0 heterocycles. The van der Waals surface area contributed by atoms with E-state index >= 15 is 0 Å². The smallest absolute Gasteiger partial charge is 0.293 e. The van der Waals surface area contributed by atoms with Crippen molar-refractivity contribution >= 4 is 6.47 Å². The molecule has 0 saturated heterocycles. The van der Waals surface area contributed by atoms with Gasteiger partial charge in [-0.3, -0.25) is 4.79 Å². The zero-order valence-corrected chi connectivity index (χ0v) is 3.83. The standard InChI is InChI=1S/C4H7NO2/c5-3-1-4(3)7-2-6/h2-4H,1,5H2. The van der Waals surface area contributed by atoms with Crippen LogP contribution < -0.4 is 5.73 Å². The van der Waals surface area contributed by atoms with Crippen molar-refractivity contribution in [3.63, 3.8) is 0 Å². The average Bonchev–Trinajstić information content (AvgIpc) is 2.22. The predicted molar refractivity (Wildman–Crippen MR) is 23.5 cm³/mol. The van der Waals surface area contributed by atoms with Gasteiger partial charge in [0.05, 0.1) is 0 Å². The van der Waals surface area contributed by atoms with Crippen molar-refractivity contribution in [3.8, 4) is 0 Å². The number of ether oxygens (including phenoxy) is 1. The molecule has 7 heavy (non-hydrogen) atoms. The highest BCUT2D eigenvalue weighted by Gasteiger charge is 2.35. The summed E-state index contributed by atoms with van der Waals surface area (Å²) in [6.45, 7) is 0.442. The lowest BCUT2D eigenvalue weighted by molar-refractivity contribution is -0.129. The number of carbonyl (C=O) groups is 1. The second-order valence-electron chi connectivity index (χ2n) is 1.67. The highest BCUT2D eigenvalue weighted by atomic mass is 16.5. The maximum atomic E-state index is 9.52. The number of nitrogens with two attached hydrogens (primary N) is 1. The largest absolute Gasteiger partial charge is 0.463 e. The molecule has 2 unspecified atom stereocenters. The lowest BCUT2D eigenvalue weighted by atomic mass is 10.7. The van der Waals surface area contributed by atoms with Gasteiger partial charge in [0.25, 0.3) is 6.47 Å². The summed E-state index contributed by atoms with van der Waals surface area (Å²) >= 11 is 0. The Kier molecular flexibility index (Phi) is 0.982. The molecule has 2 atom stereocenters. The summed E-state index contributed by atoms with van der Waals surface area (Å²) in [5.74, 6) is 0. The first-order valence-corrected chi connectivity index (χ1v) is 2.19. The van der Waals surface area contributed by atoms with Gasteiger partial charge >= 0.3 is 0 Å². The Bertz CT molecular complexity index is 83.8. The van der Waals surface area contributed by atoms with Gasteiger partial charge in [0.2, 0.25) is 0 Å².